The van der Waals surface area contributed by atoms with E-state index in [0.717, 1.165) is 12.1 Å². The van der Waals surface area contributed by atoms with Gasteiger partial charge in [-0.25, -0.2) is 4.79 Å². The van der Waals surface area contributed by atoms with Crippen LogP contribution in [0.2, 0.25) is 0 Å². The van der Waals surface area contributed by atoms with Gasteiger partial charge in [0.15, 0.2) is 0 Å². The summed E-state index contributed by atoms with van der Waals surface area (Å²) in [4.78, 5) is 12.0. The molecule has 0 heterocycles. The molecule has 1 N–H and O–H groups in total. The van der Waals surface area contributed by atoms with Crippen LogP contribution in [0.3, 0.4) is 0 Å². The number of carbonyl (C=O) groups is 1. The Morgan fingerprint density at radius 3 is 2.05 bits per heavy atom. The lowest BCUT2D eigenvalue weighted by atomic mass is 9.91. The fourth-order valence-corrected chi connectivity index (χ4v) is 1.91. The van der Waals surface area contributed by atoms with Gasteiger partial charge < -0.3 is 4.74 Å². The van der Waals surface area contributed by atoms with Crippen LogP contribution in [0.25, 0.3) is 0 Å². The third kappa shape index (κ3) is 3.50. The van der Waals surface area contributed by atoms with E-state index in [-0.39, 0.29) is 6.61 Å². The number of halogens is 3. The fraction of sp³-hybridized carbons (Fsp3) is 0.500. The highest BCUT2D eigenvalue weighted by atomic mass is 19.4. The number of benzene rings is 1. The molecule has 20 heavy (non-hydrogen) atoms. The van der Waals surface area contributed by atoms with E-state index in [1.54, 1.807) is 13.8 Å². The quantitative estimate of drug-likeness (QED) is 0.847. The number of ether oxygens (including phenoxy) is 1. The van der Waals surface area contributed by atoms with Crippen molar-refractivity contribution in [1.82, 2.24) is 5.32 Å². The minimum atomic E-state index is -4.39. The third-order valence-corrected chi connectivity index (χ3v) is 3.00. The molecule has 0 amide bonds. The maximum Gasteiger partial charge on any atom is 0.416 e. The Morgan fingerprint density at radius 1 is 1.15 bits per heavy atom. The van der Waals surface area contributed by atoms with E-state index in [1.165, 1.54) is 12.1 Å². The zero-order valence-electron chi connectivity index (χ0n) is 11.7. The lowest BCUT2D eigenvalue weighted by Gasteiger charge is -2.28. The van der Waals surface area contributed by atoms with Crippen LogP contribution in [-0.4, -0.2) is 19.1 Å². The summed E-state index contributed by atoms with van der Waals surface area (Å²) < 4.78 is 42.6. The van der Waals surface area contributed by atoms with Crippen molar-refractivity contribution in [2.45, 2.75) is 32.5 Å². The molecule has 1 atom stereocenters. The molecule has 1 rings (SSSR count). The molecule has 0 aliphatic carbocycles. The minimum Gasteiger partial charge on any atom is -0.464 e. The predicted molar refractivity (Wildman–Crippen MR) is 69.1 cm³/mol. The minimum absolute atomic E-state index is 0.209. The van der Waals surface area contributed by atoms with Crippen LogP contribution in [-0.2, 0) is 21.2 Å². The predicted octanol–water partition coefficient (Wildman–Crippen LogP) is 3.09. The van der Waals surface area contributed by atoms with Gasteiger partial charge in [-0.15, -0.1) is 0 Å². The highest BCUT2D eigenvalue weighted by Crippen LogP contribution is 2.31. The highest BCUT2D eigenvalue weighted by Gasteiger charge is 2.37. The van der Waals surface area contributed by atoms with E-state index in [4.69, 9.17) is 4.74 Å². The van der Waals surface area contributed by atoms with Crippen molar-refractivity contribution in [2.75, 3.05) is 13.2 Å². The van der Waals surface area contributed by atoms with Gasteiger partial charge >= 0.3 is 12.1 Å². The molecule has 0 aliphatic heterocycles. The summed E-state index contributed by atoms with van der Waals surface area (Å²) in [5, 5.41) is 2.96. The lowest BCUT2D eigenvalue weighted by molar-refractivity contribution is -0.151. The van der Waals surface area contributed by atoms with E-state index in [1.807, 2.05) is 6.92 Å². The van der Waals surface area contributed by atoms with Crippen molar-refractivity contribution in [3.63, 3.8) is 0 Å². The van der Waals surface area contributed by atoms with E-state index in [9.17, 15) is 18.0 Å². The Bertz CT molecular complexity index is 456. The monoisotopic (exact) mass is 289 g/mol. The van der Waals surface area contributed by atoms with Crippen molar-refractivity contribution in [2.24, 2.45) is 0 Å². The largest absolute Gasteiger partial charge is 0.464 e. The molecular weight excluding hydrogens is 271 g/mol. The molecule has 0 spiro atoms. The molecule has 1 aromatic rings. The number of rotatable bonds is 5. The van der Waals surface area contributed by atoms with Crippen molar-refractivity contribution >= 4 is 5.97 Å². The van der Waals surface area contributed by atoms with Gasteiger partial charge in [0.2, 0.25) is 0 Å². The molecule has 0 saturated carbocycles. The van der Waals surface area contributed by atoms with Gasteiger partial charge in [0, 0.05) is 0 Å². The molecule has 112 valence electrons. The zero-order chi connectivity index (χ0) is 15.4. The maximum atomic E-state index is 12.5. The van der Waals surface area contributed by atoms with Gasteiger partial charge in [-0.1, -0.05) is 19.1 Å². The molecule has 0 fully saturated rings. The second-order valence-corrected chi connectivity index (χ2v) is 4.45. The normalized spacial score (nSPS) is 14.7. The van der Waals surface area contributed by atoms with Gasteiger partial charge in [0.25, 0.3) is 0 Å². The number of esters is 1. The molecule has 3 nitrogen and oxygen atoms in total. The lowest BCUT2D eigenvalue weighted by Crippen LogP contribution is -2.47. The van der Waals surface area contributed by atoms with Gasteiger partial charge in [-0.2, -0.15) is 13.2 Å². The molecule has 0 bridgehead atoms. The summed E-state index contributed by atoms with van der Waals surface area (Å²) in [6.07, 6.45) is -4.39. The van der Waals surface area contributed by atoms with E-state index in [2.05, 4.69) is 5.32 Å². The first-order valence-corrected chi connectivity index (χ1v) is 6.35. The molecule has 6 heteroatoms. The maximum absolute atomic E-state index is 12.5. The van der Waals surface area contributed by atoms with Gasteiger partial charge in [0.1, 0.15) is 5.54 Å². The summed E-state index contributed by atoms with van der Waals surface area (Å²) in [5.74, 6) is -0.512. The SMILES string of the molecule is CCNC(C)(C(=O)OCC)c1ccc(C(F)(F)F)cc1. The van der Waals surface area contributed by atoms with Crippen molar-refractivity contribution in [3.05, 3.63) is 35.4 Å². The van der Waals surface area contributed by atoms with Gasteiger partial charge in [-0.05, 0) is 38.1 Å². The van der Waals surface area contributed by atoms with Crippen LogP contribution in [0.5, 0.6) is 0 Å². The molecule has 1 unspecified atom stereocenters. The number of alkyl halides is 3. The average Bonchev–Trinajstić information content (AvgIpc) is 2.38. The smallest absolute Gasteiger partial charge is 0.416 e. The molecule has 0 saturated heterocycles. The summed E-state index contributed by atoms with van der Waals surface area (Å²) in [5.41, 5.74) is -1.47. The first kappa shape index (κ1) is 16.5. The standard InChI is InChI=1S/C14H18F3NO2/c1-4-18-13(3,12(19)20-5-2)10-6-8-11(9-7-10)14(15,16)17/h6-9,18H,4-5H2,1-3H3. The summed E-state index contributed by atoms with van der Waals surface area (Å²) in [7, 11) is 0. The third-order valence-electron chi connectivity index (χ3n) is 3.00. The first-order chi connectivity index (χ1) is 9.25. The second kappa shape index (κ2) is 6.26. The van der Waals surface area contributed by atoms with Crippen LogP contribution >= 0.6 is 0 Å². The van der Waals surface area contributed by atoms with Gasteiger partial charge in [-0.3, -0.25) is 5.32 Å². The number of carbonyl (C=O) groups excluding carboxylic acids is 1. The molecular formula is C14H18F3NO2. The van der Waals surface area contributed by atoms with E-state index >= 15 is 0 Å². The molecule has 1 aromatic carbocycles. The van der Waals surface area contributed by atoms with Crippen LogP contribution in [0.15, 0.2) is 24.3 Å². The fourth-order valence-electron chi connectivity index (χ4n) is 1.91. The molecule has 0 aromatic heterocycles. The Morgan fingerprint density at radius 2 is 1.65 bits per heavy atom. The average molecular weight is 289 g/mol. The summed E-state index contributed by atoms with van der Waals surface area (Å²) >= 11 is 0. The Labute approximate surface area is 116 Å². The Hall–Kier alpha value is -1.56. The van der Waals surface area contributed by atoms with Gasteiger partial charge in [0.05, 0.1) is 12.2 Å². The molecule has 0 radical (unpaired) electrons. The van der Waals surface area contributed by atoms with E-state index in [0.29, 0.717) is 12.1 Å². The van der Waals surface area contributed by atoms with Crippen molar-refractivity contribution in [1.29, 1.82) is 0 Å². The number of hydrogen-bond donors (Lipinski definition) is 1. The highest BCUT2D eigenvalue weighted by molar-refractivity contribution is 5.82. The number of likely N-dealkylation sites (N-methyl/N-ethyl adjacent to an activating group) is 1. The second-order valence-electron chi connectivity index (χ2n) is 4.45. The molecule has 0 aliphatic rings. The van der Waals surface area contributed by atoms with Crippen molar-refractivity contribution < 1.29 is 22.7 Å². The zero-order valence-corrected chi connectivity index (χ0v) is 11.7. The summed E-state index contributed by atoms with van der Waals surface area (Å²) in [6.45, 7) is 5.77. The van der Waals surface area contributed by atoms with Crippen LogP contribution in [0, 0.1) is 0 Å². The number of hydrogen-bond acceptors (Lipinski definition) is 3. The Kier molecular flexibility index (Phi) is 5.16. The van der Waals surface area contributed by atoms with Crippen LogP contribution in [0.1, 0.15) is 31.9 Å². The Balaban J connectivity index is 3.13. The topological polar surface area (TPSA) is 38.3 Å². The number of nitrogens with one attached hydrogen (secondary N) is 1. The first-order valence-electron chi connectivity index (χ1n) is 6.35. The van der Waals surface area contributed by atoms with Crippen molar-refractivity contribution in [3.8, 4) is 0 Å². The van der Waals surface area contributed by atoms with E-state index < -0.39 is 23.2 Å². The van der Waals surface area contributed by atoms with Crippen LogP contribution < -0.4 is 5.32 Å². The summed E-state index contributed by atoms with van der Waals surface area (Å²) in [6, 6.07) is 4.51. The van der Waals surface area contributed by atoms with Crippen LogP contribution in [0.4, 0.5) is 13.2 Å².